The van der Waals surface area contributed by atoms with Crippen molar-refractivity contribution in [2.75, 3.05) is 0 Å². The van der Waals surface area contributed by atoms with Crippen molar-refractivity contribution in [3.05, 3.63) is 206 Å². The average Bonchev–Trinajstić information content (AvgIpc) is 3.60. The average molecular weight is 699 g/mol. The highest BCUT2D eigenvalue weighted by atomic mass is 15.0. The summed E-state index contributed by atoms with van der Waals surface area (Å²) in [7, 11) is 0. The molecule has 0 bridgehead atoms. The first-order valence-corrected chi connectivity index (χ1v) is 18.9. The Balaban J connectivity index is 1.05. The maximum atomic E-state index is 5.16. The van der Waals surface area contributed by atoms with Crippen LogP contribution in [-0.2, 0) is 0 Å². The number of para-hydroxylation sites is 1. The molecule has 11 rings (SSSR count). The molecule has 0 unspecified atom stereocenters. The molecule has 9 aromatic carbocycles. The molecule has 0 aliphatic carbocycles. The van der Waals surface area contributed by atoms with Gasteiger partial charge in [0, 0.05) is 39.2 Å². The summed E-state index contributed by atoms with van der Waals surface area (Å²) in [6.07, 6.45) is 2.06. The lowest BCUT2D eigenvalue weighted by Crippen LogP contribution is -1.94. The van der Waals surface area contributed by atoms with Gasteiger partial charge >= 0.3 is 0 Å². The second-order valence-electron chi connectivity index (χ2n) is 14.3. The minimum absolute atomic E-state index is 0.948. The van der Waals surface area contributed by atoms with Crippen LogP contribution in [0.15, 0.2) is 206 Å². The Hall–Kier alpha value is -7.29. The smallest absolute Gasteiger partial charge is 0.0703 e. The van der Waals surface area contributed by atoms with Crippen LogP contribution in [0, 0.1) is 0 Å². The van der Waals surface area contributed by atoms with E-state index >= 15 is 0 Å². The molecule has 2 aromatic heterocycles. The molecular formula is C53H34N2. The van der Waals surface area contributed by atoms with Crippen LogP contribution in [0.25, 0.3) is 104 Å². The molecule has 256 valence electrons. The van der Waals surface area contributed by atoms with Crippen LogP contribution in [0.5, 0.6) is 0 Å². The van der Waals surface area contributed by atoms with Crippen LogP contribution in [0.2, 0.25) is 0 Å². The lowest BCUT2D eigenvalue weighted by atomic mass is 9.86. The van der Waals surface area contributed by atoms with Gasteiger partial charge in [-0.05, 0) is 79.0 Å². The molecule has 2 heterocycles. The fourth-order valence-corrected chi connectivity index (χ4v) is 8.71. The van der Waals surface area contributed by atoms with Gasteiger partial charge in [0.2, 0.25) is 0 Å². The number of benzene rings is 9. The molecule has 0 atom stereocenters. The zero-order chi connectivity index (χ0) is 36.3. The third-order valence-corrected chi connectivity index (χ3v) is 11.2. The van der Waals surface area contributed by atoms with Crippen molar-refractivity contribution in [2.24, 2.45) is 0 Å². The molecule has 0 aliphatic heterocycles. The Kier molecular flexibility index (Phi) is 7.21. The van der Waals surface area contributed by atoms with Crippen molar-refractivity contribution in [3.8, 4) is 50.3 Å². The van der Waals surface area contributed by atoms with Crippen LogP contribution >= 0.6 is 0 Å². The van der Waals surface area contributed by atoms with Gasteiger partial charge in [0.05, 0.1) is 16.7 Å². The van der Waals surface area contributed by atoms with Crippen LogP contribution in [0.4, 0.5) is 0 Å². The summed E-state index contributed by atoms with van der Waals surface area (Å²) in [5, 5.41) is 9.89. The van der Waals surface area contributed by atoms with Gasteiger partial charge in [0.25, 0.3) is 0 Å². The first-order chi connectivity index (χ1) is 27.3. The Morgan fingerprint density at radius 1 is 0.327 bits per heavy atom. The highest BCUT2D eigenvalue weighted by molar-refractivity contribution is 6.22. The second-order valence-corrected chi connectivity index (χ2v) is 14.3. The van der Waals surface area contributed by atoms with E-state index in [2.05, 4.69) is 211 Å². The van der Waals surface area contributed by atoms with Gasteiger partial charge in [0.1, 0.15) is 0 Å². The van der Waals surface area contributed by atoms with E-state index in [4.69, 9.17) is 4.98 Å². The number of nitrogens with zero attached hydrogens (tertiary/aromatic N) is 2. The molecule has 0 saturated heterocycles. The van der Waals surface area contributed by atoms with Crippen LogP contribution in [0.1, 0.15) is 0 Å². The molecule has 2 heteroatoms. The van der Waals surface area contributed by atoms with Gasteiger partial charge in [-0.25, -0.2) is 0 Å². The maximum absolute atomic E-state index is 5.16. The predicted molar refractivity (Wildman–Crippen MR) is 233 cm³/mol. The molecule has 2 nitrogen and oxygen atoms in total. The Labute approximate surface area is 319 Å². The van der Waals surface area contributed by atoms with E-state index < -0.39 is 0 Å². The second kappa shape index (κ2) is 12.7. The fraction of sp³-hybridized carbons (Fsp3) is 0. The summed E-state index contributed by atoms with van der Waals surface area (Å²) in [4.78, 5) is 5.16. The van der Waals surface area contributed by atoms with Gasteiger partial charge in [-0.15, -0.1) is 0 Å². The summed E-state index contributed by atoms with van der Waals surface area (Å²) in [6, 6.07) is 72.3. The predicted octanol–water partition coefficient (Wildman–Crippen LogP) is 14.3. The van der Waals surface area contributed by atoms with E-state index in [0.717, 1.165) is 22.5 Å². The van der Waals surface area contributed by atoms with Gasteiger partial charge in [-0.3, -0.25) is 4.98 Å². The summed E-state index contributed by atoms with van der Waals surface area (Å²) >= 11 is 0. The number of pyridine rings is 1. The zero-order valence-corrected chi connectivity index (χ0v) is 30.0. The first kappa shape index (κ1) is 31.3. The number of aromatic nitrogens is 2. The van der Waals surface area contributed by atoms with Crippen molar-refractivity contribution in [1.29, 1.82) is 0 Å². The third kappa shape index (κ3) is 5.07. The normalized spacial score (nSPS) is 11.6. The van der Waals surface area contributed by atoms with Gasteiger partial charge in [-0.1, -0.05) is 176 Å². The van der Waals surface area contributed by atoms with E-state index in [1.807, 2.05) is 0 Å². The zero-order valence-electron chi connectivity index (χ0n) is 30.0. The number of hydrogen-bond acceptors (Lipinski definition) is 1. The van der Waals surface area contributed by atoms with Crippen molar-refractivity contribution < 1.29 is 0 Å². The summed E-state index contributed by atoms with van der Waals surface area (Å²) in [5.41, 5.74) is 12.8. The molecule has 0 spiro atoms. The SMILES string of the molecule is c1ccc(-c2ccc(-c3c4ccccc4c(-c4ccc(-c5ccc6c7ccc8ccccc8c7n(-c7ccccc7)c6c5)nc4)c4ccccc34)cc2)cc1. The minimum Gasteiger partial charge on any atom is -0.309 e. The van der Waals surface area contributed by atoms with Gasteiger partial charge < -0.3 is 4.57 Å². The van der Waals surface area contributed by atoms with Crippen molar-refractivity contribution in [3.63, 3.8) is 0 Å². The number of hydrogen-bond donors (Lipinski definition) is 0. The lowest BCUT2D eigenvalue weighted by Gasteiger charge is -2.18. The Morgan fingerprint density at radius 3 is 1.49 bits per heavy atom. The summed E-state index contributed by atoms with van der Waals surface area (Å²) in [6.45, 7) is 0. The Morgan fingerprint density at radius 2 is 0.836 bits per heavy atom. The summed E-state index contributed by atoms with van der Waals surface area (Å²) < 4.78 is 2.42. The number of fused-ring (bicyclic) bond motifs is 7. The van der Waals surface area contributed by atoms with E-state index in [-0.39, 0.29) is 0 Å². The maximum Gasteiger partial charge on any atom is 0.0703 e. The summed E-state index contributed by atoms with van der Waals surface area (Å²) in [5.74, 6) is 0. The van der Waals surface area contributed by atoms with E-state index in [0.29, 0.717) is 0 Å². The lowest BCUT2D eigenvalue weighted by molar-refractivity contribution is 1.19. The molecular weight excluding hydrogens is 665 g/mol. The largest absolute Gasteiger partial charge is 0.309 e. The number of rotatable bonds is 5. The fourth-order valence-electron chi connectivity index (χ4n) is 8.71. The molecule has 0 aliphatic rings. The van der Waals surface area contributed by atoms with Crippen LogP contribution in [-0.4, -0.2) is 9.55 Å². The topological polar surface area (TPSA) is 17.8 Å². The highest BCUT2D eigenvalue weighted by Crippen LogP contribution is 2.44. The monoisotopic (exact) mass is 698 g/mol. The molecule has 0 N–H and O–H groups in total. The van der Waals surface area contributed by atoms with Crippen molar-refractivity contribution >= 4 is 54.1 Å². The standard InChI is InChI=1S/C53H34N2/c1-3-13-35(14-4-1)36-23-25-38(26-24-36)51-44-19-9-11-21-46(44)52(47-22-12-10-20-45(47)51)40-29-32-49(54-34-40)39-28-30-43-48-31-27-37-15-7-8-18-42(37)53(48)55(50(43)33-39)41-16-5-2-6-17-41/h1-34H. The van der Waals surface area contributed by atoms with Gasteiger partial charge in [-0.2, -0.15) is 0 Å². The van der Waals surface area contributed by atoms with Crippen molar-refractivity contribution in [1.82, 2.24) is 9.55 Å². The van der Waals surface area contributed by atoms with E-state index in [1.165, 1.54) is 81.9 Å². The molecule has 0 fully saturated rings. The van der Waals surface area contributed by atoms with Crippen molar-refractivity contribution in [2.45, 2.75) is 0 Å². The van der Waals surface area contributed by atoms with Crippen LogP contribution < -0.4 is 0 Å². The van der Waals surface area contributed by atoms with E-state index in [9.17, 15) is 0 Å². The van der Waals surface area contributed by atoms with E-state index in [1.54, 1.807) is 0 Å². The molecule has 0 saturated carbocycles. The Bertz CT molecular complexity index is 3160. The third-order valence-electron chi connectivity index (χ3n) is 11.2. The van der Waals surface area contributed by atoms with Crippen LogP contribution in [0.3, 0.4) is 0 Å². The van der Waals surface area contributed by atoms with Gasteiger partial charge in [0.15, 0.2) is 0 Å². The molecule has 0 amide bonds. The first-order valence-electron chi connectivity index (χ1n) is 18.9. The molecule has 11 aromatic rings. The quantitative estimate of drug-likeness (QED) is 0.164. The minimum atomic E-state index is 0.948. The highest BCUT2D eigenvalue weighted by Gasteiger charge is 2.19. The molecule has 55 heavy (non-hydrogen) atoms. The molecule has 0 radical (unpaired) electrons.